The molecular weight excluding hydrogens is 403 g/mol. The van der Waals surface area contributed by atoms with Crippen molar-refractivity contribution in [2.45, 2.75) is 52.5 Å². The van der Waals surface area contributed by atoms with Crippen molar-refractivity contribution in [3.05, 3.63) is 0 Å². The molecule has 0 bridgehead atoms. The van der Waals surface area contributed by atoms with E-state index in [0.717, 1.165) is 51.3 Å². The summed E-state index contributed by atoms with van der Waals surface area (Å²) in [7, 11) is 1.84. The molecular formula is C17H37IN4O. The van der Waals surface area contributed by atoms with Crippen LogP contribution in [-0.4, -0.2) is 62.8 Å². The quantitative estimate of drug-likeness (QED) is 0.264. The number of guanidine groups is 1. The van der Waals surface area contributed by atoms with Crippen molar-refractivity contribution in [2.24, 2.45) is 10.9 Å². The van der Waals surface area contributed by atoms with Gasteiger partial charge in [-0.15, -0.1) is 24.0 Å². The lowest BCUT2D eigenvalue weighted by molar-refractivity contribution is -0.00833. The van der Waals surface area contributed by atoms with Crippen LogP contribution in [0.3, 0.4) is 0 Å². The predicted molar refractivity (Wildman–Crippen MR) is 110 cm³/mol. The molecule has 1 heterocycles. The van der Waals surface area contributed by atoms with Gasteiger partial charge in [0.25, 0.3) is 0 Å². The number of aliphatic imine (C=N–C) groups is 1. The van der Waals surface area contributed by atoms with Gasteiger partial charge in [0.2, 0.25) is 0 Å². The van der Waals surface area contributed by atoms with Crippen molar-refractivity contribution in [1.29, 1.82) is 0 Å². The van der Waals surface area contributed by atoms with Gasteiger partial charge >= 0.3 is 0 Å². The van der Waals surface area contributed by atoms with Gasteiger partial charge in [0, 0.05) is 38.8 Å². The summed E-state index contributed by atoms with van der Waals surface area (Å²) in [5, 5.41) is 6.88. The number of halogens is 1. The maximum Gasteiger partial charge on any atom is 0.191 e. The maximum atomic E-state index is 5.44. The second kappa shape index (κ2) is 12.3. The molecule has 138 valence electrons. The normalized spacial score (nSPS) is 17.0. The molecule has 2 N–H and O–H groups in total. The van der Waals surface area contributed by atoms with Crippen LogP contribution in [0.2, 0.25) is 0 Å². The van der Waals surface area contributed by atoms with E-state index in [1.165, 1.54) is 19.3 Å². The SMILES string of the molecule is CN=C(NCCCCC(C)C)NCC(C)(C)N1CCOCC1.I. The molecule has 0 atom stereocenters. The van der Waals surface area contributed by atoms with Crippen molar-refractivity contribution >= 4 is 29.9 Å². The van der Waals surface area contributed by atoms with Gasteiger partial charge in [0.05, 0.1) is 13.2 Å². The Bertz CT molecular complexity index is 329. The van der Waals surface area contributed by atoms with Crippen LogP contribution in [0.1, 0.15) is 47.0 Å². The minimum atomic E-state index is 0. The van der Waals surface area contributed by atoms with E-state index in [0.29, 0.717) is 0 Å². The predicted octanol–water partition coefficient (Wildman–Crippen LogP) is 2.71. The fourth-order valence-electron chi connectivity index (χ4n) is 2.69. The van der Waals surface area contributed by atoms with Crippen LogP contribution in [0.15, 0.2) is 4.99 Å². The lowest BCUT2D eigenvalue weighted by Crippen LogP contribution is -2.56. The topological polar surface area (TPSA) is 48.9 Å². The number of unbranched alkanes of at least 4 members (excludes halogenated alkanes) is 1. The zero-order chi connectivity index (χ0) is 16.4. The zero-order valence-electron chi connectivity index (χ0n) is 15.7. The molecule has 23 heavy (non-hydrogen) atoms. The monoisotopic (exact) mass is 440 g/mol. The van der Waals surface area contributed by atoms with Gasteiger partial charge < -0.3 is 15.4 Å². The van der Waals surface area contributed by atoms with E-state index in [2.05, 4.69) is 48.2 Å². The third-order valence-corrected chi connectivity index (χ3v) is 4.28. The third-order valence-electron chi connectivity index (χ3n) is 4.28. The Balaban J connectivity index is 0.00000484. The number of morpholine rings is 1. The van der Waals surface area contributed by atoms with Crippen molar-refractivity contribution in [3.8, 4) is 0 Å². The molecule has 1 rings (SSSR count). The molecule has 0 aliphatic carbocycles. The minimum absolute atomic E-state index is 0. The first-order valence-corrected chi connectivity index (χ1v) is 8.73. The molecule has 1 fully saturated rings. The lowest BCUT2D eigenvalue weighted by Gasteiger charge is -2.41. The standard InChI is InChI=1S/C17H36N4O.HI/c1-15(2)8-6-7-9-19-16(18-5)20-14-17(3,4)21-10-12-22-13-11-21;/h15H,6-14H2,1-5H3,(H2,18,19,20);1H. The Morgan fingerprint density at radius 2 is 1.83 bits per heavy atom. The fraction of sp³-hybridized carbons (Fsp3) is 0.941. The van der Waals surface area contributed by atoms with Gasteiger partial charge in [-0.2, -0.15) is 0 Å². The molecule has 0 spiro atoms. The molecule has 1 saturated heterocycles. The zero-order valence-corrected chi connectivity index (χ0v) is 18.0. The molecule has 1 aliphatic heterocycles. The summed E-state index contributed by atoms with van der Waals surface area (Å²) in [5.41, 5.74) is 0.110. The first kappa shape index (κ1) is 22.9. The summed E-state index contributed by atoms with van der Waals surface area (Å²) in [4.78, 5) is 6.81. The van der Waals surface area contributed by atoms with Crippen LogP contribution in [0.5, 0.6) is 0 Å². The van der Waals surface area contributed by atoms with Gasteiger partial charge in [-0.05, 0) is 26.2 Å². The largest absolute Gasteiger partial charge is 0.379 e. The molecule has 5 nitrogen and oxygen atoms in total. The van der Waals surface area contributed by atoms with Gasteiger partial charge in [-0.1, -0.05) is 26.7 Å². The van der Waals surface area contributed by atoms with E-state index >= 15 is 0 Å². The van der Waals surface area contributed by atoms with E-state index in [4.69, 9.17) is 4.74 Å². The number of hydrogen-bond acceptors (Lipinski definition) is 3. The molecule has 0 aromatic heterocycles. The van der Waals surface area contributed by atoms with Crippen LogP contribution >= 0.6 is 24.0 Å². The summed E-state index contributed by atoms with van der Waals surface area (Å²) >= 11 is 0. The highest BCUT2D eigenvalue weighted by molar-refractivity contribution is 14.0. The Morgan fingerprint density at radius 1 is 1.17 bits per heavy atom. The van der Waals surface area contributed by atoms with Crippen molar-refractivity contribution in [3.63, 3.8) is 0 Å². The first-order valence-electron chi connectivity index (χ1n) is 8.73. The van der Waals surface area contributed by atoms with Crippen LogP contribution in [0.25, 0.3) is 0 Å². The first-order chi connectivity index (χ1) is 10.5. The molecule has 0 amide bonds. The Labute approximate surface area is 160 Å². The van der Waals surface area contributed by atoms with Crippen molar-refractivity contribution in [2.75, 3.05) is 46.4 Å². The second-order valence-corrected chi connectivity index (χ2v) is 7.15. The smallest absolute Gasteiger partial charge is 0.191 e. The Kier molecular flexibility index (Phi) is 12.3. The summed E-state index contributed by atoms with van der Waals surface area (Å²) in [6, 6.07) is 0. The van der Waals surface area contributed by atoms with Crippen molar-refractivity contribution < 1.29 is 4.74 Å². The maximum absolute atomic E-state index is 5.44. The Morgan fingerprint density at radius 3 is 2.39 bits per heavy atom. The molecule has 0 aromatic carbocycles. The molecule has 0 radical (unpaired) electrons. The van der Waals surface area contributed by atoms with E-state index in [1.54, 1.807) is 0 Å². The number of hydrogen-bond donors (Lipinski definition) is 2. The summed E-state index contributed by atoms with van der Waals surface area (Å²) in [6.45, 7) is 14.7. The Hall–Kier alpha value is -0.0800. The number of ether oxygens (including phenoxy) is 1. The number of rotatable bonds is 8. The van der Waals surface area contributed by atoms with E-state index in [9.17, 15) is 0 Å². The second-order valence-electron chi connectivity index (χ2n) is 7.15. The average molecular weight is 440 g/mol. The van der Waals surface area contributed by atoms with Gasteiger partial charge in [-0.3, -0.25) is 9.89 Å². The van der Waals surface area contributed by atoms with Gasteiger partial charge in [0.15, 0.2) is 5.96 Å². The minimum Gasteiger partial charge on any atom is -0.379 e. The average Bonchev–Trinajstić information content (AvgIpc) is 2.50. The highest BCUT2D eigenvalue weighted by Gasteiger charge is 2.28. The van der Waals surface area contributed by atoms with Gasteiger partial charge in [0.1, 0.15) is 0 Å². The lowest BCUT2D eigenvalue weighted by atomic mass is 10.0. The van der Waals surface area contributed by atoms with E-state index < -0.39 is 0 Å². The number of nitrogens with zero attached hydrogens (tertiary/aromatic N) is 2. The van der Waals surface area contributed by atoms with Gasteiger partial charge in [-0.25, -0.2) is 0 Å². The molecule has 0 unspecified atom stereocenters. The molecule has 0 aromatic rings. The fourth-order valence-corrected chi connectivity index (χ4v) is 2.69. The summed E-state index contributed by atoms with van der Waals surface area (Å²) in [6.07, 6.45) is 3.78. The highest BCUT2D eigenvalue weighted by Crippen LogP contribution is 2.14. The van der Waals surface area contributed by atoms with Crippen LogP contribution in [0, 0.1) is 5.92 Å². The number of nitrogens with one attached hydrogen (secondary N) is 2. The van der Waals surface area contributed by atoms with E-state index in [1.807, 2.05) is 7.05 Å². The highest BCUT2D eigenvalue weighted by atomic mass is 127. The molecule has 6 heteroatoms. The summed E-state index contributed by atoms with van der Waals surface area (Å²) < 4.78 is 5.44. The summed E-state index contributed by atoms with van der Waals surface area (Å²) in [5.74, 6) is 1.71. The van der Waals surface area contributed by atoms with Crippen LogP contribution in [-0.2, 0) is 4.74 Å². The van der Waals surface area contributed by atoms with E-state index in [-0.39, 0.29) is 29.5 Å². The molecule has 0 saturated carbocycles. The molecule has 1 aliphatic rings. The third kappa shape index (κ3) is 9.72. The van der Waals surface area contributed by atoms with Crippen molar-refractivity contribution in [1.82, 2.24) is 15.5 Å². The van der Waals surface area contributed by atoms with Crippen LogP contribution < -0.4 is 10.6 Å². The van der Waals surface area contributed by atoms with Crippen LogP contribution in [0.4, 0.5) is 0 Å².